The van der Waals surface area contributed by atoms with Gasteiger partial charge in [0, 0.05) is 11.9 Å². The highest BCUT2D eigenvalue weighted by Gasteiger charge is 2.20. The van der Waals surface area contributed by atoms with Crippen molar-refractivity contribution in [1.82, 2.24) is 15.2 Å². The lowest BCUT2D eigenvalue weighted by atomic mass is 10.2. The van der Waals surface area contributed by atoms with E-state index in [1.54, 1.807) is 6.92 Å². The standard InChI is InChI=1S/C18H16ClN5O5S2/c1-10(29-17(26)12-7-8-20-15(19)9-12)16(25)21-13-3-5-14(6-4-13)31(27,28)24-18-23-22-11(2)30-18/h3-10H,1-2H3,(H,21,25)(H,23,24). The van der Waals surface area contributed by atoms with Crippen molar-refractivity contribution < 1.29 is 22.7 Å². The van der Waals surface area contributed by atoms with Crippen LogP contribution in [0.5, 0.6) is 0 Å². The zero-order valence-electron chi connectivity index (χ0n) is 16.2. The van der Waals surface area contributed by atoms with Crippen LogP contribution in [0.3, 0.4) is 0 Å². The Kier molecular flexibility index (Phi) is 6.83. The molecule has 13 heteroatoms. The van der Waals surface area contributed by atoms with Gasteiger partial charge in [-0.25, -0.2) is 18.2 Å². The molecule has 0 fully saturated rings. The number of benzene rings is 1. The molecular formula is C18H16ClN5O5S2. The maximum Gasteiger partial charge on any atom is 0.339 e. The van der Waals surface area contributed by atoms with E-state index in [4.69, 9.17) is 16.3 Å². The van der Waals surface area contributed by atoms with Gasteiger partial charge in [0.05, 0.1) is 10.5 Å². The summed E-state index contributed by atoms with van der Waals surface area (Å²) in [6, 6.07) is 8.20. The first kappa shape index (κ1) is 22.6. The monoisotopic (exact) mass is 481 g/mol. The maximum atomic E-state index is 12.4. The fourth-order valence-corrected chi connectivity index (χ4v) is 4.28. The summed E-state index contributed by atoms with van der Waals surface area (Å²) in [6.07, 6.45) is 0.241. The molecule has 10 nitrogen and oxygen atoms in total. The number of sulfonamides is 1. The molecule has 1 atom stereocenters. The number of nitrogens with one attached hydrogen (secondary N) is 2. The number of esters is 1. The molecule has 0 aliphatic heterocycles. The van der Waals surface area contributed by atoms with E-state index < -0.39 is 28.0 Å². The van der Waals surface area contributed by atoms with Crippen molar-refractivity contribution in [3.8, 4) is 0 Å². The summed E-state index contributed by atoms with van der Waals surface area (Å²) in [5, 5.41) is 10.9. The highest BCUT2D eigenvalue weighted by atomic mass is 35.5. The molecule has 162 valence electrons. The Bertz CT molecular complexity index is 1210. The van der Waals surface area contributed by atoms with Crippen molar-refractivity contribution >= 4 is 55.7 Å². The summed E-state index contributed by atoms with van der Waals surface area (Å²) >= 11 is 6.84. The molecule has 0 saturated heterocycles. The number of ether oxygens (including phenoxy) is 1. The number of aryl methyl sites for hydroxylation is 1. The van der Waals surface area contributed by atoms with Crippen molar-refractivity contribution in [3.05, 3.63) is 58.3 Å². The van der Waals surface area contributed by atoms with Gasteiger partial charge in [-0.1, -0.05) is 22.9 Å². The number of anilines is 2. The zero-order chi connectivity index (χ0) is 22.6. The number of carbonyl (C=O) groups is 2. The number of amides is 1. The molecule has 3 rings (SSSR count). The fraction of sp³-hybridized carbons (Fsp3) is 0.167. The molecule has 31 heavy (non-hydrogen) atoms. The van der Waals surface area contributed by atoms with Crippen LogP contribution in [0.15, 0.2) is 47.5 Å². The molecule has 1 aromatic carbocycles. The maximum absolute atomic E-state index is 12.4. The Balaban J connectivity index is 1.60. The van der Waals surface area contributed by atoms with Crippen LogP contribution >= 0.6 is 22.9 Å². The van der Waals surface area contributed by atoms with E-state index in [-0.39, 0.29) is 20.7 Å². The number of rotatable bonds is 7. The number of pyridine rings is 1. The van der Waals surface area contributed by atoms with E-state index in [1.807, 2.05) is 0 Å². The number of hydrogen-bond acceptors (Lipinski definition) is 9. The minimum Gasteiger partial charge on any atom is -0.449 e. The van der Waals surface area contributed by atoms with Crippen LogP contribution in [0.1, 0.15) is 22.3 Å². The molecule has 0 bridgehead atoms. The van der Waals surface area contributed by atoms with Gasteiger partial charge in [0.15, 0.2) is 6.10 Å². The summed E-state index contributed by atoms with van der Waals surface area (Å²) < 4.78 is 32.3. The average molecular weight is 482 g/mol. The minimum absolute atomic E-state index is 0.0209. The van der Waals surface area contributed by atoms with Gasteiger partial charge in [-0.3, -0.25) is 9.52 Å². The number of halogens is 1. The summed E-state index contributed by atoms with van der Waals surface area (Å²) in [5.74, 6) is -1.32. The van der Waals surface area contributed by atoms with E-state index in [0.29, 0.717) is 10.7 Å². The predicted octanol–water partition coefficient (Wildman–Crippen LogP) is 2.88. The second-order valence-electron chi connectivity index (χ2n) is 6.16. The SMILES string of the molecule is Cc1nnc(NS(=O)(=O)c2ccc(NC(=O)C(C)OC(=O)c3ccnc(Cl)c3)cc2)s1. The lowest BCUT2D eigenvalue weighted by molar-refractivity contribution is -0.123. The van der Waals surface area contributed by atoms with Crippen LogP contribution in [0, 0.1) is 6.92 Å². The van der Waals surface area contributed by atoms with Gasteiger partial charge >= 0.3 is 5.97 Å². The minimum atomic E-state index is -3.85. The summed E-state index contributed by atoms with van der Waals surface area (Å²) in [4.78, 5) is 28.1. The molecule has 0 saturated carbocycles. The molecule has 0 aliphatic carbocycles. The van der Waals surface area contributed by atoms with Crippen molar-refractivity contribution in [1.29, 1.82) is 0 Å². The highest BCUT2D eigenvalue weighted by molar-refractivity contribution is 7.93. The third kappa shape index (κ3) is 5.96. The molecule has 1 unspecified atom stereocenters. The third-order valence-electron chi connectivity index (χ3n) is 3.80. The van der Waals surface area contributed by atoms with Gasteiger partial charge in [0.25, 0.3) is 15.9 Å². The second-order valence-corrected chi connectivity index (χ2v) is 9.41. The lowest BCUT2D eigenvalue weighted by Gasteiger charge is -2.14. The first-order valence-electron chi connectivity index (χ1n) is 8.70. The van der Waals surface area contributed by atoms with E-state index in [0.717, 1.165) is 11.3 Å². The van der Waals surface area contributed by atoms with Gasteiger partial charge in [-0.05, 0) is 50.2 Å². The Morgan fingerprint density at radius 1 is 1.16 bits per heavy atom. The molecule has 0 radical (unpaired) electrons. The number of carbonyl (C=O) groups excluding carboxylic acids is 2. The van der Waals surface area contributed by atoms with Crippen LogP contribution in [0.2, 0.25) is 5.15 Å². The van der Waals surface area contributed by atoms with Crippen LogP contribution in [-0.2, 0) is 19.6 Å². The van der Waals surface area contributed by atoms with Gasteiger partial charge in [-0.2, -0.15) is 0 Å². The number of hydrogen-bond donors (Lipinski definition) is 2. The summed E-state index contributed by atoms with van der Waals surface area (Å²) in [5.41, 5.74) is 0.484. The predicted molar refractivity (Wildman–Crippen MR) is 115 cm³/mol. The third-order valence-corrected chi connectivity index (χ3v) is 6.24. The van der Waals surface area contributed by atoms with Crippen LogP contribution in [-0.4, -0.2) is 41.6 Å². The lowest BCUT2D eigenvalue weighted by Crippen LogP contribution is -2.30. The first-order valence-corrected chi connectivity index (χ1v) is 11.4. The highest BCUT2D eigenvalue weighted by Crippen LogP contribution is 2.21. The normalized spacial score (nSPS) is 12.1. The van der Waals surface area contributed by atoms with Crippen molar-refractivity contribution in [2.45, 2.75) is 24.8 Å². The van der Waals surface area contributed by atoms with Gasteiger partial charge in [0.2, 0.25) is 5.13 Å². The van der Waals surface area contributed by atoms with Crippen molar-refractivity contribution in [2.24, 2.45) is 0 Å². The zero-order valence-corrected chi connectivity index (χ0v) is 18.6. The van der Waals surface area contributed by atoms with Crippen LogP contribution in [0.25, 0.3) is 0 Å². The van der Waals surface area contributed by atoms with Crippen molar-refractivity contribution in [3.63, 3.8) is 0 Å². The van der Waals surface area contributed by atoms with Gasteiger partial charge in [-0.15, -0.1) is 10.2 Å². The van der Waals surface area contributed by atoms with Crippen LogP contribution < -0.4 is 10.0 Å². The Morgan fingerprint density at radius 2 is 1.87 bits per heavy atom. The first-order chi connectivity index (χ1) is 14.6. The van der Waals surface area contributed by atoms with E-state index in [9.17, 15) is 18.0 Å². The van der Waals surface area contributed by atoms with Crippen molar-refractivity contribution in [2.75, 3.05) is 10.0 Å². The summed E-state index contributed by atoms with van der Waals surface area (Å²) in [7, 11) is -3.85. The Morgan fingerprint density at radius 3 is 2.48 bits per heavy atom. The van der Waals surface area contributed by atoms with Crippen LogP contribution in [0.4, 0.5) is 10.8 Å². The second kappa shape index (κ2) is 9.37. The summed E-state index contributed by atoms with van der Waals surface area (Å²) in [6.45, 7) is 3.11. The average Bonchev–Trinajstić information content (AvgIpc) is 3.12. The quantitative estimate of drug-likeness (QED) is 0.387. The number of nitrogens with zero attached hydrogens (tertiary/aromatic N) is 3. The molecular weight excluding hydrogens is 466 g/mol. The molecule has 1 amide bonds. The molecule has 0 aliphatic rings. The Hall–Kier alpha value is -3.09. The molecule has 2 aromatic heterocycles. The molecule has 3 aromatic rings. The van der Waals surface area contributed by atoms with Gasteiger partial charge in [0.1, 0.15) is 10.2 Å². The number of aromatic nitrogens is 3. The van der Waals surface area contributed by atoms with E-state index in [1.165, 1.54) is 49.5 Å². The molecule has 0 spiro atoms. The Labute approximate surface area is 186 Å². The topological polar surface area (TPSA) is 140 Å². The molecule has 2 N–H and O–H groups in total. The largest absolute Gasteiger partial charge is 0.449 e. The van der Waals surface area contributed by atoms with E-state index >= 15 is 0 Å². The smallest absolute Gasteiger partial charge is 0.339 e. The van der Waals surface area contributed by atoms with E-state index in [2.05, 4.69) is 25.2 Å². The van der Waals surface area contributed by atoms with Gasteiger partial charge < -0.3 is 10.1 Å². The fourth-order valence-electron chi connectivity index (χ4n) is 2.28. The molecule has 2 heterocycles.